The van der Waals surface area contributed by atoms with Gasteiger partial charge in [0.05, 0.1) is 0 Å². The smallest absolute Gasteiger partial charge is 0.371 e. The Balaban J connectivity index is 2.82. The maximum Gasteiger partial charge on any atom is 0.371 e. The van der Waals surface area contributed by atoms with Crippen LogP contribution in [-0.2, 0) is 22.4 Å². The van der Waals surface area contributed by atoms with Gasteiger partial charge in [-0.25, -0.2) is 0 Å². The first-order chi connectivity index (χ1) is 7.14. The largest absolute Gasteiger partial charge is 0.396 e. The molecule has 1 fully saturated rings. The van der Waals surface area contributed by atoms with Gasteiger partial charge < -0.3 is 22.4 Å². The van der Waals surface area contributed by atoms with E-state index in [-0.39, 0.29) is 5.35 Å². The van der Waals surface area contributed by atoms with Gasteiger partial charge in [-0.15, -0.1) is 0 Å². The summed E-state index contributed by atoms with van der Waals surface area (Å²) in [5.41, 5.74) is 0.769. The van der Waals surface area contributed by atoms with Crippen molar-refractivity contribution in [3.05, 3.63) is 0 Å². The molecule has 0 spiro atoms. The molecule has 7 heteroatoms. The van der Waals surface area contributed by atoms with Crippen molar-refractivity contribution in [2.24, 2.45) is 0 Å². The minimum atomic E-state index is -2.23. The van der Waals surface area contributed by atoms with E-state index in [1.54, 1.807) is 28.4 Å². The first-order valence-corrected chi connectivity index (χ1v) is 9.17. The highest BCUT2D eigenvalue weighted by Crippen LogP contribution is 2.42. The molecule has 0 N–H and O–H groups in total. The van der Waals surface area contributed by atoms with Crippen LogP contribution in [0.2, 0.25) is 5.67 Å². The van der Waals surface area contributed by atoms with Crippen LogP contribution in [0.5, 0.6) is 0 Å². The molecule has 1 heterocycles. The Morgan fingerprint density at radius 2 is 1.33 bits per heavy atom. The van der Waals surface area contributed by atoms with Gasteiger partial charge in [-0.05, 0) is 6.92 Å². The molecule has 0 aromatic carbocycles. The third-order valence-corrected chi connectivity index (χ3v) is 14.3. The Hall–Kier alpha value is 0.234. The highest BCUT2D eigenvalue weighted by Gasteiger charge is 2.74. The summed E-state index contributed by atoms with van der Waals surface area (Å²) in [6, 6.07) is 0. The zero-order valence-corrected chi connectivity index (χ0v) is 12.0. The van der Waals surface area contributed by atoms with E-state index in [0.717, 1.165) is 5.67 Å². The summed E-state index contributed by atoms with van der Waals surface area (Å²) in [6.07, 6.45) is 0. The fourth-order valence-electron chi connectivity index (χ4n) is 2.04. The van der Waals surface area contributed by atoms with Gasteiger partial charge in [-0.1, -0.05) is 0 Å². The molecule has 1 aliphatic heterocycles. The van der Waals surface area contributed by atoms with E-state index in [9.17, 15) is 0 Å². The van der Waals surface area contributed by atoms with Crippen molar-refractivity contribution in [2.45, 2.75) is 17.9 Å². The monoisotopic (exact) mass is 252 g/mol. The van der Waals surface area contributed by atoms with Crippen LogP contribution in [0.4, 0.5) is 0 Å². The van der Waals surface area contributed by atoms with E-state index in [1.807, 2.05) is 6.92 Å². The van der Waals surface area contributed by atoms with E-state index in [4.69, 9.17) is 22.4 Å². The third-order valence-electron chi connectivity index (χ3n) is 3.01. The number of hydrogen-bond acceptors (Lipinski definition) is 5. The number of rotatable bonds is 6. The Morgan fingerprint density at radius 3 is 1.60 bits per heavy atom. The maximum atomic E-state index is 5.70. The van der Waals surface area contributed by atoms with Gasteiger partial charge in [0.15, 0.2) is 0 Å². The first kappa shape index (κ1) is 13.3. The normalized spacial score (nSPS) is 23.8. The first-order valence-electron chi connectivity index (χ1n) is 4.97. The van der Waals surface area contributed by atoms with Gasteiger partial charge in [-0.2, -0.15) is 0 Å². The quantitative estimate of drug-likeness (QED) is 0.644. The summed E-state index contributed by atoms with van der Waals surface area (Å²) < 4.78 is 27.8. The molecule has 5 nitrogen and oxygen atoms in total. The summed E-state index contributed by atoms with van der Waals surface area (Å²) >= 11 is 0. The van der Waals surface area contributed by atoms with Crippen molar-refractivity contribution >= 4 is 17.1 Å². The highest BCUT2D eigenvalue weighted by molar-refractivity contribution is 7.05. The van der Waals surface area contributed by atoms with Crippen LogP contribution in [0.1, 0.15) is 6.92 Å². The van der Waals surface area contributed by atoms with Gasteiger partial charge in [0.1, 0.15) is 5.35 Å². The summed E-state index contributed by atoms with van der Waals surface area (Å²) in [5, 5.41) is -0.0972. The lowest BCUT2D eigenvalue weighted by Gasteiger charge is -2.52. The van der Waals surface area contributed by atoms with E-state index in [0.29, 0.717) is 6.61 Å². The molecule has 0 aromatic heterocycles. The molecular weight excluding hydrogens is 232 g/mol. The molecule has 90 valence electrons. The van der Waals surface area contributed by atoms with Crippen molar-refractivity contribution in [3.8, 4) is 0 Å². The van der Waals surface area contributed by atoms with Gasteiger partial charge in [0, 0.05) is 40.7 Å². The molecule has 15 heavy (non-hydrogen) atoms. The standard InChI is InChI=1S/C8H20O5Si2/c1-6-13-8-14(9-2,10-3)7-15(8,11-4)12-5/h8H,6-7H2,1-5H3. The van der Waals surface area contributed by atoms with Gasteiger partial charge >= 0.3 is 17.1 Å². The predicted octanol–water partition coefficient (Wildman–Crippen LogP) is 0.493. The van der Waals surface area contributed by atoms with Crippen LogP contribution >= 0.6 is 0 Å². The molecule has 0 saturated carbocycles. The lowest BCUT2D eigenvalue weighted by Crippen LogP contribution is -2.81. The summed E-state index contributed by atoms with van der Waals surface area (Å²) in [7, 11) is 2.23. The fourth-order valence-corrected chi connectivity index (χ4v) is 13.7. The van der Waals surface area contributed by atoms with Crippen molar-refractivity contribution in [2.75, 3.05) is 35.0 Å². The lowest BCUT2D eigenvalue weighted by molar-refractivity contribution is 0.0486. The van der Waals surface area contributed by atoms with Crippen LogP contribution in [0, 0.1) is 0 Å². The highest BCUT2D eigenvalue weighted by atomic mass is 28.5. The van der Waals surface area contributed by atoms with Gasteiger partial charge in [0.25, 0.3) is 0 Å². The second-order valence-electron chi connectivity index (χ2n) is 3.45. The van der Waals surface area contributed by atoms with Crippen LogP contribution in [-0.4, -0.2) is 57.5 Å². The van der Waals surface area contributed by atoms with Crippen molar-refractivity contribution in [1.29, 1.82) is 0 Å². The van der Waals surface area contributed by atoms with Crippen LogP contribution in [0.15, 0.2) is 0 Å². The Labute approximate surface area is 93.1 Å². The number of ether oxygens (including phenoxy) is 1. The second kappa shape index (κ2) is 5.04. The zero-order valence-electron chi connectivity index (χ0n) is 10.0. The molecule has 0 atom stereocenters. The second-order valence-corrected chi connectivity index (χ2v) is 11.4. The molecule has 0 aliphatic carbocycles. The van der Waals surface area contributed by atoms with Crippen LogP contribution < -0.4 is 0 Å². The average Bonchev–Trinajstić information content (AvgIpc) is 2.28. The number of hydrogen-bond donors (Lipinski definition) is 0. The van der Waals surface area contributed by atoms with Crippen LogP contribution in [0.25, 0.3) is 0 Å². The Kier molecular flexibility index (Phi) is 4.47. The molecular formula is C8H20O5Si2. The summed E-state index contributed by atoms with van der Waals surface area (Å²) in [4.78, 5) is 0. The lowest BCUT2D eigenvalue weighted by atomic mass is 10.9. The van der Waals surface area contributed by atoms with E-state index in [2.05, 4.69) is 0 Å². The molecule has 0 bridgehead atoms. The van der Waals surface area contributed by atoms with Crippen LogP contribution in [0.3, 0.4) is 0 Å². The third kappa shape index (κ3) is 1.93. The van der Waals surface area contributed by atoms with Gasteiger partial charge in [0.2, 0.25) is 0 Å². The van der Waals surface area contributed by atoms with Crippen molar-refractivity contribution in [3.63, 3.8) is 0 Å². The summed E-state index contributed by atoms with van der Waals surface area (Å²) in [6.45, 7) is 2.57. The maximum absolute atomic E-state index is 5.70. The van der Waals surface area contributed by atoms with Gasteiger partial charge in [-0.3, -0.25) is 0 Å². The molecule has 0 aromatic rings. The predicted molar refractivity (Wildman–Crippen MR) is 59.8 cm³/mol. The fraction of sp³-hybridized carbons (Fsp3) is 1.00. The molecule has 0 amide bonds. The van der Waals surface area contributed by atoms with E-state index >= 15 is 0 Å². The molecule has 1 saturated heterocycles. The molecule has 1 aliphatic rings. The molecule has 0 unspecified atom stereocenters. The Bertz CT molecular complexity index is 187. The zero-order chi connectivity index (χ0) is 11.5. The average molecular weight is 252 g/mol. The summed E-state index contributed by atoms with van der Waals surface area (Å²) in [5.74, 6) is 0. The Morgan fingerprint density at radius 1 is 0.933 bits per heavy atom. The SMILES string of the molecule is CCOC1[Si](OC)(OC)C[Si]1(OC)OC. The minimum Gasteiger partial charge on any atom is -0.396 e. The van der Waals surface area contributed by atoms with Crippen molar-refractivity contribution in [1.82, 2.24) is 0 Å². The van der Waals surface area contributed by atoms with E-state index in [1.165, 1.54) is 0 Å². The van der Waals surface area contributed by atoms with E-state index < -0.39 is 17.1 Å². The minimum absolute atomic E-state index is 0.0972. The van der Waals surface area contributed by atoms with Crippen molar-refractivity contribution < 1.29 is 22.4 Å². The molecule has 0 radical (unpaired) electrons. The molecule has 1 rings (SSSR count). The topological polar surface area (TPSA) is 46.2 Å².